The first-order valence-corrected chi connectivity index (χ1v) is 19.3. The van der Waals surface area contributed by atoms with Crippen LogP contribution in [-0.4, -0.2) is 110 Å². The molecule has 0 aliphatic carbocycles. The quantitative estimate of drug-likeness (QED) is 0.298. The van der Waals surface area contributed by atoms with Crippen molar-refractivity contribution in [1.82, 2.24) is 0 Å². The van der Waals surface area contributed by atoms with Crippen LogP contribution in [0.15, 0.2) is 24.3 Å². The van der Waals surface area contributed by atoms with Gasteiger partial charge in [0.25, 0.3) is 0 Å². The fraction of sp³-hybridized carbons (Fsp3) is 0.825. The number of fused-ring (bicyclic) bond motifs is 6. The largest absolute Gasteiger partial charge is 0.378 e. The Bertz CT molecular complexity index is 1390. The minimum Gasteiger partial charge on any atom is -0.378 e. The van der Waals surface area contributed by atoms with E-state index in [9.17, 15) is 4.79 Å². The molecular formula is C40H54O10. The van der Waals surface area contributed by atoms with Gasteiger partial charge in [-0.1, -0.05) is 20.1 Å². The first-order valence-electron chi connectivity index (χ1n) is 19.3. The Hall–Kier alpha value is -1.65. The summed E-state index contributed by atoms with van der Waals surface area (Å²) in [5.41, 5.74) is 2.24. The van der Waals surface area contributed by atoms with Crippen molar-refractivity contribution < 1.29 is 47.4 Å². The van der Waals surface area contributed by atoms with Crippen molar-refractivity contribution in [1.29, 1.82) is 0 Å². The second-order valence-corrected chi connectivity index (χ2v) is 16.7. The molecule has 10 aliphatic heterocycles. The zero-order valence-electron chi connectivity index (χ0n) is 29.6. The Morgan fingerprint density at radius 3 is 2.38 bits per heavy atom. The number of ether oxygens (including phenoxy) is 9. The molecule has 12 bridgehead atoms. The summed E-state index contributed by atoms with van der Waals surface area (Å²) < 4.78 is 59.9. The van der Waals surface area contributed by atoms with Gasteiger partial charge in [-0.25, -0.2) is 0 Å². The third kappa shape index (κ3) is 5.97. The summed E-state index contributed by atoms with van der Waals surface area (Å²) in [4.78, 5) is 14.0. The lowest BCUT2D eigenvalue weighted by atomic mass is 9.81. The smallest absolute Gasteiger partial charge is 0.172 e. The predicted molar refractivity (Wildman–Crippen MR) is 180 cm³/mol. The van der Waals surface area contributed by atoms with Crippen LogP contribution >= 0.6 is 0 Å². The van der Waals surface area contributed by atoms with Crippen LogP contribution in [0.4, 0.5) is 0 Å². The average Bonchev–Trinajstić information content (AvgIpc) is 3.76. The minimum atomic E-state index is -0.765. The molecule has 0 unspecified atom stereocenters. The Labute approximate surface area is 296 Å². The molecule has 10 aliphatic rings. The van der Waals surface area contributed by atoms with E-state index in [0.717, 1.165) is 56.1 Å². The van der Waals surface area contributed by atoms with Crippen LogP contribution in [0.3, 0.4) is 0 Å². The molecule has 10 fully saturated rings. The van der Waals surface area contributed by atoms with Gasteiger partial charge in [-0.05, 0) is 62.0 Å². The van der Waals surface area contributed by atoms with Crippen molar-refractivity contribution in [3.8, 4) is 12.3 Å². The van der Waals surface area contributed by atoms with Crippen molar-refractivity contribution in [2.24, 2.45) is 11.8 Å². The summed E-state index contributed by atoms with van der Waals surface area (Å²) in [6, 6.07) is 0. The lowest BCUT2D eigenvalue weighted by Gasteiger charge is -2.47. The summed E-state index contributed by atoms with van der Waals surface area (Å²) in [5.74, 6) is 2.29. The van der Waals surface area contributed by atoms with Crippen LogP contribution in [0.5, 0.6) is 0 Å². The molecule has 10 heterocycles. The molecule has 0 aromatic rings. The van der Waals surface area contributed by atoms with Gasteiger partial charge in [-0.3, -0.25) is 4.79 Å². The Kier molecular flexibility index (Phi) is 9.10. The van der Waals surface area contributed by atoms with E-state index in [1.807, 2.05) is 0 Å². The fourth-order valence-corrected chi connectivity index (χ4v) is 11.0. The van der Waals surface area contributed by atoms with Gasteiger partial charge in [0.1, 0.15) is 36.3 Å². The number of methoxy groups -OCH3 is 1. The number of hydrogen-bond donors (Lipinski definition) is 0. The van der Waals surface area contributed by atoms with Crippen molar-refractivity contribution in [3.05, 3.63) is 24.3 Å². The van der Waals surface area contributed by atoms with Crippen LogP contribution in [0.25, 0.3) is 0 Å². The van der Waals surface area contributed by atoms with E-state index in [1.165, 1.54) is 0 Å². The molecule has 18 atom stereocenters. The Balaban J connectivity index is 0.997. The maximum Gasteiger partial charge on any atom is 0.172 e. The molecule has 0 aromatic carbocycles. The zero-order chi connectivity index (χ0) is 34.3. The summed E-state index contributed by atoms with van der Waals surface area (Å²) >= 11 is 0. The highest BCUT2D eigenvalue weighted by molar-refractivity contribution is 5.79. The maximum atomic E-state index is 14.0. The molecule has 0 aromatic heterocycles. The molecule has 10 saturated heterocycles. The third-order valence-corrected chi connectivity index (χ3v) is 13.5. The monoisotopic (exact) mass is 694 g/mol. The fourth-order valence-electron chi connectivity index (χ4n) is 11.0. The first-order chi connectivity index (χ1) is 24.2. The van der Waals surface area contributed by atoms with Crippen molar-refractivity contribution in [2.45, 2.75) is 188 Å². The first kappa shape index (κ1) is 34.1. The van der Waals surface area contributed by atoms with E-state index in [2.05, 4.69) is 26.0 Å². The summed E-state index contributed by atoms with van der Waals surface area (Å²) in [6.45, 7) is 11.1. The van der Waals surface area contributed by atoms with Gasteiger partial charge in [0, 0.05) is 51.6 Å². The van der Waals surface area contributed by atoms with Gasteiger partial charge in [0.05, 0.1) is 61.0 Å². The Morgan fingerprint density at radius 1 is 0.780 bits per heavy atom. The normalized spacial score (nSPS) is 53.1. The molecule has 0 N–H and O–H groups in total. The van der Waals surface area contributed by atoms with E-state index in [-0.39, 0.29) is 103 Å². The van der Waals surface area contributed by atoms with Gasteiger partial charge in [0.15, 0.2) is 5.79 Å². The molecule has 1 spiro atoms. The number of carbonyl (C=O) groups is 1. The number of carbonyl (C=O) groups excluding carboxylic acids is 1. The lowest BCUT2D eigenvalue weighted by molar-refractivity contribution is -0.292. The molecule has 0 radical (unpaired) electrons. The van der Waals surface area contributed by atoms with Crippen LogP contribution in [0, 0.1) is 24.2 Å². The van der Waals surface area contributed by atoms with Crippen molar-refractivity contribution in [2.75, 3.05) is 7.11 Å². The lowest BCUT2D eigenvalue weighted by Crippen LogP contribution is -2.61. The van der Waals surface area contributed by atoms with Crippen LogP contribution in [0.2, 0.25) is 0 Å². The second kappa shape index (κ2) is 13.3. The predicted octanol–water partition coefficient (Wildman–Crippen LogP) is 4.75. The van der Waals surface area contributed by atoms with Gasteiger partial charge in [-0.15, -0.1) is 12.3 Å². The van der Waals surface area contributed by atoms with Crippen LogP contribution in [0.1, 0.15) is 90.4 Å². The van der Waals surface area contributed by atoms with E-state index in [0.29, 0.717) is 44.4 Å². The molecule has 0 amide bonds. The highest BCUT2D eigenvalue weighted by Crippen LogP contribution is 2.54. The molecule has 10 nitrogen and oxygen atoms in total. The van der Waals surface area contributed by atoms with E-state index >= 15 is 0 Å². The third-order valence-electron chi connectivity index (χ3n) is 13.5. The number of Topliss-reactive ketones (excluding diaryl/α,β-unsaturated/α-hetero) is 1. The number of terminal acetylenes is 1. The van der Waals surface area contributed by atoms with Crippen LogP contribution < -0.4 is 0 Å². The second-order valence-electron chi connectivity index (χ2n) is 16.7. The Morgan fingerprint density at radius 2 is 1.54 bits per heavy atom. The molecule has 274 valence electrons. The van der Waals surface area contributed by atoms with E-state index < -0.39 is 5.79 Å². The zero-order valence-corrected chi connectivity index (χ0v) is 29.6. The van der Waals surface area contributed by atoms with Crippen molar-refractivity contribution in [3.63, 3.8) is 0 Å². The van der Waals surface area contributed by atoms with Crippen molar-refractivity contribution >= 4 is 5.78 Å². The topological polar surface area (TPSA) is 100 Å². The number of hydrogen-bond acceptors (Lipinski definition) is 10. The van der Waals surface area contributed by atoms with E-state index in [4.69, 9.17) is 49.1 Å². The van der Waals surface area contributed by atoms with Gasteiger partial charge in [-0.2, -0.15) is 0 Å². The van der Waals surface area contributed by atoms with E-state index in [1.54, 1.807) is 7.11 Å². The average molecular weight is 695 g/mol. The van der Waals surface area contributed by atoms with Gasteiger partial charge >= 0.3 is 0 Å². The standard InChI is InChI=1S/C40H54O10/c1-6-7-29-34(42-5)27-17-23(41)16-25-9-11-30-35(45-25)39-38-37(47-30)36-33(48-38)19-40(49-36,50-39)13-12-26-15-21(3)28(43-26)10-8-24-14-20(2)22(4)31(44-24)18-32(27)46-29/h1,20,24-39H,3-4,7-19H2,2,5H3/t20-,24+,25-,26+,27+,28+,29-,30+,31-,32+,33-,34-,35+,36+,37+,38-,39+,40+/m1/s1. The van der Waals surface area contributed by atoms with Gasteiger partial charge in [0.2, 0.25) is 0 Å². The molecule has 0 saturated carbocycles. The summed E-state index contributed by atoms with van der Waals surface area (Å²) in [7, 11) is 1.69. The highest BCUT2D eigenvalue weighted by atomic mass is 16.8. The summed E-state index contributed by atoms with van der Waals surface area (Å²) in [5, 5.41) is 0. The molecule has 50 heavy (non-hydrogen) atoms. The molecule has 10 heteroatoms. The molecule has 10 rings (SSSR count). The van der Waals surface area contributed by atoms with Crippen LogP contribution in [-0.2, 0) is 47.4 Å². The minimum absolute atomic E-state index is 0.00256. The SMILES string of the molecule is C#CC[C@H]1O[C@H]2C[C@H]3O[C@@H](CC[C@@H]4O[C@@H](CC[C@@]56C[C@H]7O[C@H]8[C@@H](O5)[C@H]5O[C@H](CC[C@@H]5O[C@H]8[C@H]7O6)CC(=O)C[C@@H]2[C@H]1OC)CC4=C)C[C@@H](C)C3=C. The molecular weight excluding hydrogens is 640 g/mol. The number of ketones is 1. The van der Waals surface area contributed by atoms with Gasteiger partial charge < -0.3 is 42.6 Å². The number of rotatable bonds is 2. The highest BCUT2D eigenvalue weighted by Gasteiger charge is 2.68. The maximum absolute atomic E-state index is 14.0. The summed E-state index contributed by atoms with van der Waals surface area (Å²) in [6.07, 6.45) is 12.2.